The largest absolute Gasteiger partial charge is 0.337 e. The number of fused-ring (bicyclic) bond motifs is 1. The van der Waals surface area contributed by atoms with E-state index < -0.39 is 21.9 Å². The number of halogens is 2. The third-order valence-electron chi connectivity index (χ3n) is 8.33. The molecule has 5 rings (SSSR count). The SMILES string of the molecule is C[C@@H](CC(=O)N(Cc1nccn1C)c1ccc2c(c1)[C@@H](NS(=O)(=O)c1cccc(F)c1)CCC2(C)C)c1cccc(F)c1. The molecule has 0 bridgehead atoms. The molecule has 2 atom stereocenters. The molecule has 0 fully saturated rings. The van der Waals surface area contributed by atoms with Crippen molar-refractivity contribution in [3.63, 3.8) is 0 Å². The van der Waals surface area contributed by atoms with Gasteiger partial charge in [0.05, 0.1) is 11.4 Å². The van der Waals surface area contributed by atoms with Gasteiger partial charge in [0, 0.05) is 37.6 Å². The first-order chi connectivity index (χ1) is 20.3. The lowest BCUT2D eigenvalue weighted by Gasteiger charge is -2.38. The Hall–Kier alpha value is -3.89. The van der Waals surface area contributed by atoms with Crippen LogP contribution in [0.3, 0.4) is 0 Å². The second-order valence-corrected chi connectivity index (χ2v) is 13.6. The van der Waals surface area contributed by atoms with Gasteiger partial charge in [0.15, 0.2) is 0 Å². The second kappa shape index (κ2) is 12.0. The van der Waals surface area contributed by atoms with E-state index in [1.807, 2.05) is 36.7 Å². The molecule has 1 aliphatic carbocycles. The van der Waals surface area contributed by atoms with Crippen molar-refractivity contribution in [2.45, 2.75) is 68.8 Å². The first-order valence-electron chi connectivity index (χ1n) is 14.3. The smallest absolute Gasteiger partial charge is 0.241 e. The summed E-state index contributed by atoms with van der Waals surface area (Å²) in [7, 11) is -2.17. The van der Waals surface area contributed by atoms with Gasteiger partial charge in [0.2, 0.25) is 15.9 Å². The maximum atomic E-state index is 13.9. The number of hydrogen-bond acceptors (Lipinski definition) is 4. The maximum absolute atomic E-state index is 13.9. The van der Waals surface area contributed by atoms with Gasteiger partial charge in [-0.2, -0.15) is 0 Å². The standard InChI is InChI=1S/C33H36F2N4O3S/c1-22(23-7-5-8-24(34)18-23)17-32(40)39(21-31-36-15-16-38(31)4)26-11-12-29-28(20-26)30(13-14-33(29,2)3)37-43(41,42)27-10-6-9-25(35)19-27/h5-12,15-16,18-20,22,30,37H,13-14,17,21H2,1-4H3/t22-,30-/m0/s1. The summed E-state index contributed by atoms with van der Waals surface area (Å²) in [5, 5.41) is 0. The lowest BCUT2D eigenvalue weighted by molar-refractivity contribution is -0.119. The first kappa shape index (κ1) is 30.6. The fourth-order valence-electron chi connectivity index (χ4n) is 5.75. The predicted octanol–water partition coefficient (Wildman–Crippen LogP) is 6.52. The highest BCUT2D eigenvalue weighted by molar-refractivity contribution is 7.89. The van der Waals surface area contributed by atoms with Crippen LogP contribution in [0.5, 0.6) is 0 Å². The van der Waals surface area contributed by atoms with E-state index in [1.54, 1.807) is 29.4 Å². The third kappa shape index (κ3) is 6.70. The predicted molar refractivity (Wildman–Crippen MR) is 162 cm³/mol. The normalized spacial score (nSPS) is 16.8. The van der Waals surface area contributed by atoms with Crippen LogP contribution < -0.4 is 9.62 Å². The summed E-state index contributed by atoms with van der Waals surface area (Å²) < 4.78 is 59.0. The zero-order valence-electron chi connectivity index (χ0n) is 24.7. The van der Waals surface area contributed by atoms with Gasteiger partial charge >= 0.3 is 0 Å². The Balaban J connectivity index is 1.52. The topological polar surface area (TPSA) is 84.3 Å². The van der Waals surface area contributed by atoms with E-state index >= 15 is 0 Å². The van der Waals surface area contributed by atoms with E-state index in [9.17, 15) is 22.0 Å². The summed E-state index contributed by atoms with van der Waals surface area (Å²) in [6.07, 6.45) is 4.87. The number of imidazole rings is 1. The number of aromatic nitrogens is 2. The van der Waals surface area contributed by atoms with Crippen LogP contribution in [0.15, 0.2) is 84.0 Å². The number of benzene rings is 3. The summed E-state index contributed by atoms with van der Waals surface area (Å²) in [6.45, 7) is 6.30. The Bertz CT molecular complexity index is 1750. The van der Waals surface area contributed by atoms with Crippen molar-refractivity contribution < 1.29 is 22.0 Å². The van der Waals surface area contributed by atoms with Crippen LogP contribution in [-0.4, -0.2) is 23.9 Å². The van der Waals surface area contributed by atoms with Gasteiger partial charge < -0.3 is 9.47 Å². The minimum absolute atomic E-state index is 0.131. The maximum Gasteiger partial charge on any atom is 0.241 e. The zero-order chi connectivity index (χ0) is 30.9. The van der Waals surface area contributed by atoms with E-state index in [4.69, 9.17) is 0 Å². The molecule has 0 aliphatic heterocycles. The number of amides is 1. The summed E-state index contributed by atoms with van der Waals surface area (Å²) in [6, 6.07) is 16.3. The number of nitrogens with one attached hydrogen (secondary N) is 1. The minimum atomic E-state index is -4.02. The molecule has 1 N–H and O–H groups in total. The monoisotopic (exact) mass is 606 g/mol. The number of aryl methyl sites for hydroxylation is 1. The Morgan fingerprint density at radius 1 is 1.09 bits per heavy atom. The molecule has 1 heterocycles. The highest BCUT2D eigenvalue weighted by Gasteiger charge is 2.36. The van der Waals surface area contributed by atoms with Crippen LogP contribution in [-0.2, 0) is 33.8 Å². The molecule has 7 nitrogen and oxygen atoms in total. The molecule has 0 radical (unpaired) electrons. The number of carbonyl (C=O) groups is 1. The molecular formula is C33H36F2N4O3S. The molecule has 10 heteroatoms. The number of anilines is 1. The van der Waals surface area contributed by atoms with Gasteiger partial charge in [-0.3, -0.25) is 4.79 Å². The van der Waals surface area contributed by atoms with Gasteiger partial charge in [0.1, 0.15) is 17.5 Å². The van der Waals surface area contributed by atoms with Crippen LogP contribution in [0.4, 0.5) is 14.5 Å². The average molecular weight is 607 g/mol. The number of hydrogen-bond donors (Lipinski definition) is 1. The van der Waals surface area contributed by atoms with Gasteiger partial charge in [-0.1, -0.05) is 45.0 Å². The second-order valence-electron chi connectivity index (χ2n) is 11.9. The summed E-state index contributed by atoms with van der Waals surface area (Å²) in [5.41, 5.74) is 2.85. The van der Waals surface area contributed by atoms with Crippen LogP contribution >= 0.6 is 0 Å². The molecule has 3 aromatic carbocycles. The number of carbonyl (C=O) groups excluding carboxylic acids is 1. The quantitative estimate of drug-likeness (QED) is 0.235. The van der Waals surface area contributed by atoms with Crippen molar-refractivity contribution in [3.8, 4) is 0 Å². The van der Waals surface area contributed by atoms with Crippen molar-refractivity contribution in [1.82, 2.24) is 14.3 Å². The lowest BCUT2D eigenvalue weighted by atomic mass is 9.71. The molecule has 0 saturated heterocycles. The molecular weight excluding hydrogens is 570 g/mol. The zero-order valence-corrected chi connectivity index (χ0v) is 25.5. The molecule has 1 amide bonds. The van der Waals surface area contributed by atoms with Crippen molar-refractivity contribution in [2.75, 3.05) is 4.90 Å². The molecule has 0 unspecified atom stereocenters. The lowest BCUT2D eigenvalue weighted by Crippen LogP contribution is -2.37. The number of rotatable bonds is 9. The van der Waals surface area contributed by atoms with E-state index in [2.05, 4.69) is 23.6 Å². The fraction of sp³-hybridized carbons (Fsp3) is 0.333. The van der Waals surface area contributed by atoms with Gasteiger partial charge in [-0.05, 0) is 83.3 Å². The molecule has 1 aliphatic rings. The Kier molecular flexibility index (Phi) is 8.54. The molecule has 43 heavy (non-hydrogen) atoms. The Morgan fingerprint density at radius 2 is 1.81 bits per heavy atom. The Morgan fingerprint density at radius 3 is 2.49 bits per heavy atom. The first-order valence-corrected chi connectivity index (χ1v) is 15.8. The third-order valence-corrected chi connectivity index (χ3v) is 9.80. The molecule has 1 aromatic heterocycles. The average Bonchev–Trinajstić information content (AvgIpc) is 3.37. The van der Waals surface area contributed by atoms with Crippen LogP contribution in [0.25, 0.3) is 0 Å². The van der Waals surface area contributed by atoms with E-state index in [0.29, 0.717) is 17.9 Å². The van der Waals surface area contributed by atoms with Crippen LogP contribution in [0.2, 0.25) is 0 Å². The van der Waals surface area contributed by atoms with Gasteiger partial charge in [-0.15, -0.1) is 0 Å². The molecule has 226 valence electrons. The van der Waals surface area contributed by atoms with Gasteiger partial charge in [-0.25, -0.2) is 26.9 Å². The highest BCUT2D eigenvalue weighted by atomic mass is 32.2. The highest BCUT2D eigenvalue weighted by Crippen LogP contribution is 2.43. The summed E-state index contributed by atoms with van der Waals surface area (Å²) >= 11 is 0. The van der Waals surface area contributed by atoms with Crippen molar-refractivity contribution >= 4 is 21.6 Å². The van der Waals surface area contributed by atoms with E-state index in [-0.39, 0.29) is 40.9 Å². The van der Waals surface area contributed by atoms with E-state index in [1.165, 1.54) is 30.3 Å². The minimum Gasteiger partial charge on any atom is -0.337 e. The van der Waals surface area contributed by atoms with Crippen molar-refractivity contribution in [2.24, 2.45) is 7.05 Å². The molecule has 0 saturated carbocycles. The van der Waals surface area contributed by atoms with Crippen LogP contribution in [0.1, 0.15) is 74.5 Å². The fourth-order valence-corrected chi connectivity index (χ4v) is 7.03. The summed E-state index contributed by atoms with van der Waals surface area (Å²) in [5.74, 6) is -0.730. The summed E-state index contributed by atoms with van der Waals surface area (Å²) in [4.78, 5) is 19.9. The molecule has 4 aromatic rings. The van der Waals surface area contributed by atoms with Crippen molar-refractivity contribution in [3.05, 3.63) is 113 Å². The number of nitrogens with zero attached hydrogens (tertiary/aromatic N) is 3. The molecule has 0 spiro atoms. The van der Waals surface area contributed by atoms with Crippen LogP contribution in [0, 0.1) is 11.6 Å². The van der Waals surface area contributed by atoms with Crippen molar-refractivity contribution in [1.29, 1.82) is 0 Å². The Labute approximate surface area is 251 Å². The van der Waals surface area contributed by atoms with Gasteiger partial charge in [0.25, 0.3) is 0 Å². The van der Waals surface area contributed by atoms with E-state index in [0.717, 1.165) is 29.2 Å². The number of sulfonamides is 1.